The van der Waals surface area contributed by atoms with Gasteiger partial charge in [-0.2, -0.15) is 0 Å². The highest BCUT2D eigenvalue weighted by Crippen LogP contribution is 2.33. The fourth-order valence-electron chi connectivity index (χ4n) is 3.10. The number of rotatable bonds is 4. The first kappa shape index (κ1) is 17.7. The highest BCUT2D eigenvalue weighted by atomic mass is 16.5. The zero-order valence-corrected chi connectivity index (χ0v) is 15.2. The van der Waals surface area contributed by atoms with Crippen LogP contribution in [0, 0.1) is 0 Å². The number of hydrogen-bond donors (Lipinski definition) is 2. The molecule has 0 radical (unpaired) electrons. The number of hydrogen-bond acceptors (Lipinski definition) is 5. The molecule has 0 saturated heterocycles. The Kier molecular flexibility index (Phi) is 4.52. The van der Waals surface area contributed by atoms with Gasteiger partial charge >= 0.3 is 5.69 Å². The van der Waals surface area contributed by atoms with Crippen LogP contribution in [0.3, 0.4) is 0 Å². The van der Waals surface area contributed by atoms with Gasteiger partial charge in [-0.15, -0.1) is 0 Å². The third kappa shape index (κ3) is 3.32. The molecule has 2 aromatic heterocycles. The molecule has 0 saturated carbocycles. The lowest BCUT2D eigenvalue weighted by Gasteiger charge is -2.20. The highest BCUT2D eigenvalue weighted by Gasteiger charge is 2.23. The van der Waals surface area contributed by atoms with Crippen LogP contribution >= 0.6 is 0 Å². The Morgan fingerprint density at radius 3 is 2.93 bits per heavy atom. The first-order valence-electron chi connectivity index (χ1n) is 8.84. The maximum atomic E-state index is 12.4. The number of H-pyrrole nitrogens is 1. The molecule has 3 aromatic rings. The summed E-state index contributed by atoms with van der Waals surface area (Å²) in [7, 11) is 1.41. The second kappa shape index (κ2) is 7.15. The number of pyridine rings is 1. The molecule has 2 N–H and O–H groups in total. The summed E-state index contributed by atoms with van der Waals surface area (Å²) in [5.74, 6) is 0.466. The lowest BCUT2D eigenvalue weighted by molar-refractivity contribution is 0.0954. The Morgan fingerprint density at radius 1 is 1.29 bits per heavy atom. The van der Waals surface area contributed by atoms with Crippen LogP contribution < -0.4 is 21.3 Å². The summed E-state index contributed by atoms with van der Waals surface area (Å²) in [6.07, 6.45) is 2.64. The number of carbonyl (C=O) groups is 1. The van der Waals surface area contributed by atoms with E-state index in [9.17, 15) is 14.4 Å². The molecule has 142 valence electrons. The molecular formula is C20H18N4O4. The fraction of sp³-hybridized carbons (Fsp3) is 0.200. The van der Waals surface area contributed by atoms with Crippen molar-refractivity contribution in [2.75, 3.05) is 6.54 Å². The molecule has 4 rings (SSSR count). The summed E-state index contributed by atoms with van der Waals surface area (Å²) < 4.78 is 6.66. The number of fused-ring (bicyclic) bond motifs is 2. The summed E-state index contributed by atoms with van der Waals surface area (Å²) >= 11 is 0. The van der Waals surface area contributed by atoms with Gasteiger partial charge in [-0.05, 0) is 30.3 Å². The fourth-order valence-corrected chi connectivity index (χ4v) is 3.10. The number of nitrogens with one attached hydrogen (secondary N) is 2. The number of carbonyl (C=O) groups excluding carboxylic acids is 1. The van der Waals surface area contributed by atoms with Crippen LogP contribution in [0.1, 0.15) is 27.2 Å². The van der Waals surface area contributed by atoms with Crippen LogP contribution in [0.5, 0.6) is 11.6 Å². The maximum Gasteiger partial charge on any atom is 0.330 e. The Balaban J connectivity index is 1.50. The molecule has 1 aliphatic rings. The van der Waals surface area contributed by atoms with E-state index in [0.717, 1.165) is 10.3 Å². The Hall–Kier alpha value is -3.68. The van der Waals surface area contributed by atoms with E-state index in [1.165, 1.54) is 7.05 Å². The van der Waals surface area contributed by atoms with Crippen molar-refractivity contribution in [1.29, 1.82) is 0 Å². The van der Waals surface area contributed by atoms with Gasteiger partial charge in [0.05, 0.1) is 5.56 Å². The van der Waals surface area contributed by atoms with E-state index in [-0.39, 0.29) is 18.2 Å². The van der Waals surface area contributed by atoms with E-state index in [0.29, 0.717) is 35.4 Å². The molecule has 0 unspecified atom stereocenters. The number of benzene rings is 1. The molecule has 0 bridgehead atoms. The van der Waals surface area contributed by atoms with E-state index < -0.39 is 11.2 Å². The first-order chi connectivity index (χ1) is 13.5. The van der Waals surface area contributed by atoms with Gasteiger partial charge in [0, 0.05) is 49.5 Å². The van der Waals surface area contributed by atoms with Gasteiger partial charge in [0.15, 0.2) is 0 Å². The third-order valence-corrected chi connectivity index (χ3v) is 4.66. The summed E-state index contributed by atoms with van der Waals surface area (Å²) in [5.41, 5.74) is 1.53. The van der Waals surface area contributed by atoms with Crippen molar-refractivity contribution in [1.82, 2.24) is 19.9 Å². The third-order valence-electron chi connectivity index (χ3n) is 4.66. The standard InChI is InChI=1S/C20H18N4O4/c1-24-19(26)15-11-13-10-12(5-6-16(13)28-18(15)23-20(24)27)17(25)22-9-7-14-4-2-3-8-21-14/h2-6,8,10H,7,9,11H2,1H3,(H,22,25)(H,23,27). The van der Waals surface area contributed by atoms with E-state index in [1.807, 2.05) is 18.2 Å². The molecule has 0 spiro atoms. The Bertz CT molecular complexity index is 1170. The molecule has 3 heterocycles. The van der Waals surface area contributed by atoms with Gasteiger partial charge in [0.2, 0.25) is 5.88 Å². The zero-order chi connectivity index (χ0) is 19.7. The number of nitrogens with zero attached hydrogens (tertiary/aromatic N) is 2. The minimum Gasteiger partial charge on any atom is -0.440 e. The van der Waals surface area contributed by atoms with Crippen molar-refractivity contribution in [2.45, 2.75) is 12.8 Å². The lowest BCUT2D eigenvalue weighted by atomic mass is 10.0. The number of amides is 1. The van der Waals surface area contributed by atoms with Crippen molar-refractivity contribution in [2.24, 2.45) is 7.05 Å². The Morgan fingerprint density at radius 2 is 2.14 bits per heavy atom. The number of ether oxygens (including phenoxy) is 1. The Labute approximate surface area is 159 Å². The predicted molar refractivity (Wildman–Crippen MR) is 102 cm³/mol. The second-order valence-electron chi connectivity index (χ2n) is 6.53. The van der Waals surface area contributed by atoms with Crippen LogP contribution in [0.15, 0.2) is 52.2 Å². The molecule has 1 amide bonds. The van der Waals surface area contributed by atoms with Crippen molar-refractivity contribution >= 4 is 5.91 Å². The molecular weight excluding hydrogens is 360 g/mol. The van der Waals surface area contributed by atoms with E-state index in [4.69, 9.17) is 4.74 Å². The topological polar surface area (TPSA) is 106 Å². The molecule has 8 heteroatoms. The van der Waals surface area contributed by atoms with Gasteiger partial charge in [0.25, 0.3) is 11.5 Å². The summed E-state index contributed by atoms with van der Waals surface area (Å²) in [6, 6.07) is 10.7. The van der Waals surface area contributed by atoms with Crippen LogP contribution in [-0.4, -0.2) is 27.0 Å². The summed E-state index contributed by atoms with van der Waals surface area (Å²) in [5, 5.41) is 2.87. The van der Waals surface area contributed by atoms with E-state index >= 15 is 0 Å². The molecule has 28 heavy (non-hydrogen) atoms. The van der Waals surface area contributed by atoms with Crippen molar-refractivity contribution in [3.63, 3.8) is 0 Å². The minimum absolute atomic E-state index is 0.160. The van der Waals surface area contributed by atoms with Crippen LogP contribution in [0.25, 0.3) is 0 Å². The monoisotopic (exact) mass is 378 g/mol. The summed E-state index contributed by atoms with van der Waals surface area (Å²) in [6.45, 7) is 0.466. The number of aromatic nitrogens is 3. The molecule has 8 nitrogen and oxygen atoms in total. The quantitative estimate of drug-likeness (QED) is 0.554. The molecule has 0 aliphatic carbocycles. The smallest absolute Gasteiger partial charge is 0.330 e. The van der Waals surface area contributed by atoms with Gasteiger partial charge in [-0.3, -0.25) is 24.1 Å². The van der Waals surface area contributed by atoms with Gasteiger partial charge in [0.1, 0.15) is 5.75 Å². The number of aromatic amines is 1. The van der Waals surface area contributed by atoms with Gasteiger partial charge in [-0.25, -0.2) is 4.79 Å². The van der Waals surface area contributed by atoms with Crippen LogP contribution in [0.4, 0.5) is 0 Å². The summed E-state index contributed by atoms with van der Waals surface area (Å²) in [4.78, 5) is 43.3. The van der Waals surface area contributed by atoms with Crippen LogP contribution in [-0.2, 0) is 19.9 Å². The molecule has 0 atom stereocenters. The minimum atomic E-state index is -0.531. The van der Waals surface area contributed by atoms with Gasteiger partial charge < -0.3 is 10.1 Å². The first-order valence-corrected chi connectivity index (χ1v) is 8.84. The lowest BCUT2D eigenvalue weighted by Crippen LogP contribution is -2.36. The van der Waals surface area contributed by atoms with Crippen molar-refractivity contribution in [3.05, 3.63) is 85.8 Å². The molecule has 0 fully saturated rings. The van der Waals surface area contributed by atoms with Crippen molar-refractivity contribution < 1.29 is 9.53 Å². The highest BCUT2D eigenvalue weighted by molar-refractivity contribution is 5.94. The maximum absolute atomic E-state index is 12.4. The van der Waals surface area contributed by atoms with E-state index in [1.54, 1.807) is 24.4 Å². The second-order valence-corrected chi connectivity index (χ2v) is 6.53. The molecule has 1 aliphatic heterocycles. The average molecular weight is 378 g/mol. The zero-order valence-electron chi connectivity index (χ0n) is 15.2. The molecule has 1 aromatic carbocycles. The van der Waals surface area contributed by atoms with Gasteiger partial charge in [-0.1, -0.05) is 6.07 Å². The van der Waals surface area contributed by atoms with E-state index in [2.05, 4.69) is 15.3 Å². The average Bonchev–Trinajstić information content (AvgIpc) is 2.71. The SMILES string of the molecule is Cn1c(=O)[nH]c2c(c1=O)Cc1cc(C(=O)NCCc3ccccn3)ccc1O2. The normalized spacial score (nSPS) is 11.9. The predicted octanol–water partition coefficient (Wildman–Crippen LogP) is 1.14. The largest absolute Gasteiger partial charge is 0.440 e. The van der Waals surface area contributed by atoms with Crippen LogP contribution in [0.2, 0.25) is 0 Å². The van der Waals surface area contributed by atoms with Crippen molar-refractivity contribution in [3.8, 4) is 11.6 Å².